The van der Waals surface area contributed by atoms with Gasteiger partial charge in [0.15, 0.2) is 5.76 Å². The molecule has 0 aliphatic rings. The van der Waals surface area contributed by atoms with Gasteiger partial charge in [0.25, 0.3) is 0 Å². The molecular formula is C16H20N2O4. The number of oxazole rings is 1. The Morgan fingerprint density at radius 1 is 1.32 bits per heavy atom. The maximum Gasteiger partial charge on any atom is 0.320 e. The van der Waals surface area contributed by atoms with E-state index in [0.29, 0.717) is 24.8 Å². The number of hydrogen-bond acceptors (Lipinski definition) is 6. The van der Waals surface area contributed by atoms with Crippen LogP contribution in [0.3, 0.4) is 0 Å². The van der Waals surface area contributed by atoms with Crippen molar-refractivity contribution in [2.45, 2.75) is 13.5 Å². The van der Waals surface area contributed by atoms with Crippen LogP contribution in [0.1, 0.15) is 12.8 Å². The SMILES string of the molecule is CCOC(=O)CN(C)Cc1ncc(-c2ccc(OC)cc2)o1. The van der Waals surface area contributed by atoms with Gasteiger partial charge >= 0.3 is 5.97 Å². The van der Waals surface area contributed by atoms with E-state index in [1.54, 1.807) is 25.1 Å². The minimum absolute atomic E-state index is 0.202. The number of likely N-dealkylation sites (N-methyl/N-ethyl adjacent to an activating group) is 1. The van der Waals surface area contributed by atoms with Crippen molar-refractivity contribution < 1.29 is 18.7 Å². The fraction of sp³-hybridized carbons (Fsp3) is 0.375. The Morgan fingerprint density at radius 3 is 2.68 bits per heavy atom. The molecule has 0 aliphatic heterocycles. The van der Waals surface area contributed by atoms with Crippen molar-refractivity contribution in [3.05, 3.63) is 36.4 Å². The minimum Gasteiger partial charge on any atom is -0.497 e. The van der Waals surface area contributed by atoms with Gasteiger partial charge in [-0.25, -0.2) is 4.98 Å². The number of methoxy groups -OCH3 is 1. The van der Waals surface area contributed by atoms with Crippen LogP contribution in [0.4, 0.5) is 0 Å². The fourth-order valence-electron chi connectivity index (χ4n) is 1.99. The second-order valence-corrected chi connectivity index (χ2v) is 4.82. The van der Waals surface area contributed by atoms with Crippen LogP contribution in [0.2, 0.25) is 0 Å². The normalized spacial score (nSPS) is 10.7. The molecule has 0 fully saturated rings. The Hall–Kier alpha value is -2.34. The predicted octanol–water partition coefficient (Wildman–Crippen LogP) is 2.35. The van der Waals surface area contributed by atoms with Gasteiger partial charge in [-0.05, 0) is 38.2 Å². The fourth-order valence-corrected chi connectivity index (χ4v) is 1.99. The highest BCUT2D eigenvalue weighted by molar-refractivity contribution is 5.71. The van der Waals surface area contributed by atoms with E-state index < -0.39 is 0 Å². The molecule has 1 aromatic heterocycles. The molecule has 1 aromatic carbocycles. The zero-order chi connectivity index (χ0) is 15.9. The Bertz CT molecular complexity index is 607. The van der Waals surface area contributed by atoms with Crippen molar-refractivity contribution in [2.24, 2.45) is 0 Å². The smallest absolute Gasteiger partial charge is 0.320 e. The molecule has 6 heteroatoms. The number of rotatable bonds is 7. The van der Waals surface area contributed by atoms with E-state index in [-0.39, 0.29) is 12.5 Å². The lowest BCUT2D eigenvalue weighted by Gasteiger charge is -2.12. The van der Waals surface area contributed by atoms with E-state index in [4.69, 9.17) is 13.9 Å². The quantitative estimate of drug-likeness (QED) is 0.732. The van der Waals surface area contributed by atoms with Gasteiger partial charge in [0.2, 0.25) is 5.89 Å². The minimum atomic E-state index is -0.257. The summed E-state index contributed by atoms with van der Waals surface area (Å²) in [4.78, 5) is 17.4. The largest absolute Gasteiger partial charge is 0.497 e. The van der Waals surface area contributed by atoms with E-state index in [1.165, 1.54) is 0 Å². The third kappa shape index (κ3) is 4.33. The molecule has 0 unspecified atom stereocenters. The number of nitrogens with zero attached hydrogens (tertiary/aromatic N) is 2. The molecule has 0 saturated carbocycles. The van der Waals surface area contributed by atoms with Crippen molar-refractivity contribution in [1.29, 1.82) is 0 Å². The van der Waals surface area contributed by atoms with E-state index in [2.05, 4.69) is 4.98 Å². The van der Waals surface area contributed by atoms with Gasteiger partial charge in [0, 0.05) is 5.56 Å². The standard InChI is InChI=1S/C16H20N2O4/c1-4-21-16(19)11-18(2)10-15-17-9-14(22-15)12-5-7-13(20-3)8-6-12/h5-9H,4,10-11H2,1-3H3. The lowest BCUT2D eigenvalue weighted by molar-refractivity contribution is -0.144. The molecule has 22 heavy (non-hydrogen) atoms. The number of benzene rings is 1. The molecule has 0 saturated heterocycles. The van der Waals surface area contributed by atoms with Crippen LogP contribution in [-0.2, 0) is 16.1 Å². The summed E-state index contributed by atoms with van der Waals surface area (Å²) in [7, 11) is 3.44. The number of ether oxygens (including phenoxy) is 2. The maximum absolute atomic E-state index is 11.4. The van der Waals surface area contributed by atoms with Gasteiger partial charge in [-0.3, -0.25) is 9.69 Å². The molecule has 6 nitrogen and oxygen atoms in total. The third-order valence-corrected chi connectivity index (χ3v) is 3.04. The average molecular weight is 304 g/mol. The third-order valence-electron chi connectivity index (χ3n) is 3.04. The summed E-state index contributed by atoms with van der Waals surface area (Å²) in [5.74, 6) is 1.77. The first kappa shape index (κ1) is 16.0. The monoisotopic (exact) mass is 304 g/mol. The second-order valence-electron chi connectivity index (χ2n) is 4.82. The molecule has 0 spiro atoms. The number of carbonyl (C=O) groups is 1. The molecule has 1 heterocycles. The lowest BCUT2D eigenvalue weighted by Crippen LogP contribution is -2.27. The molecule has 0 bridgehead atoms. The summed E-state index contributed by atoms with van der Waals surface area (Å²) < 4.78 is 15.7. The van der Waals surface area contributed by atoms with Gasteiger partial charge in [-0.15, -0.1) is 0 Å². The molecule has 2 rings (SSSR count). The van der Waals surface area contributed by atoms with Gasteiger partial charge < -0.3 is 13.9 Å². The van der Waals surface area contributed by atoms with Crippen LogP contribution in [0.5, 0.6) is 5.75 Å². The topological polar surface area (TPSA) is 64.8 Å². The summed E-state index contributed by atoms with van der Waals surface area (Å²) in [6.45, 7) is 2.81. The molecule has 2 aromatic rings. The van der Waals surface area contributed by atoms with Crippen molar-refractivity contribution in [2.75, 3.05) is 27.3 Å². The number of aromatic nitrogens is 1. The van der Waals surface area contributed by atoms with Crippen LogP contribution >= 0.6 is 0 Å². The Kier molecular flexibility index (Phi) is 5.55. The first-order valence-electron chi connectivity index (χ1n) is 7.05. The van der Waals surface area contributed by atoms with Crippen LogP contribution < -0.4 is 4.74 Å². The summed E-state index contributed by atoms with van der Waals surface area (Å²) in [6, 6.07) is 7.55. The Labute approximate surface area is 129 Å². The lowest BCUT2D eigenvalue weighted by atomic mass is 10.2. The van der Waals surface area contributed by atoms with E-state index in [9.17, 15) is 4.79 Å². The molecule has 0 amide bonds. The van der Waals surface area contributed by atoms with E-state index in [1.807, 2.05) is 31.3 Å². The van der Waals surface area contributed by atoms with Crippen LogP contribution in [-0.4, -0.2) is 43.2 Å². The zero-order valence-corrected chi connectivity index (χ0v) is 13.0. The summed E-state index contributed by atoms with van der Waals surface area (Å²) >= 11 is 0. The Balaban J connectivity index is 1.97. The highest BCUT2D eigenvalue weighted by Gasteiger charge is 2.12. The second kappa shape index (κ2) is 7.61. The molecule has 118 valence electrons. The first-order valence-corrected chi connectivity index (χ1v) is 7.05. The summed E-state index contributed by atoms with van der Waals surface area (Å²) in [5.41, 5.74) is 0.924. The van der Waals surface area contributed by atoms with E-state index >= 15 is 0 Å². The van der Waals surface area contributed by atoms with Gasteiger partial charge in [-0.2, -0.15) is 0 Å². The average Bonchev–Trinajstić information content (AvgIpc) is 2.95. The first-order chi connectivity index (χ1) is 10.6. The molecular weight excluding hydrogens is 284 g/mol. The Morgan fingerprint density at radius 2 is 2.05 bits per heavy atom. The van der Waals surface area contributed by atoms with Crippen molar-refractivity contribution in [1.82, 2.24) is 9.88 Å². The van der Waals surface area contributed by atoms with Crippen molar-refractivity contribution >= 4 is 5.97 Å². The van der Waals surface area contributed by atoms with Crippen molar-refractivity contribution in [3.8, 4) is 17.1 Å². The van der Waals surface area contributed by atoms with Crippen LogP contribution in [0, 0.1) is 0 Å². The van der Waals surface area contributed by atoms with Crippen molar-refractivity contribution in [3.63, 3.8) is 0 Å². The van der Waals surface area contributed by atoms with E-state index in [0.717, 1.165) is 11.3 Å². The number of carbonyl (C=O) groups excluding carboxylic acids is 1. The molecule has 0 radical (unpaired) electrons. The highest BCUT2D eigenvalue weighted by Crippen LogP contribution is 2.23. The summed E-state index contributed by atoms with van der Waals surface area (Å²) in [5, 5.41) is 0. The maximum atomic E-state index is 11.4. The highest BCUT2D eigenvalue weighted by atomic mass is 16.5. The molecule has 0 N–H and O–H groups in total. The summed E-state index contributed by atoms with van der Waals surface area (Å²) in [6.07, 6.45) is 1.68. The zero-order valence-electron chi connectivity index (χ0n) is 13.0. The molecule has 0 atom stereocenters. The van der Waals surface area contributed by atoms with Gasteiger partial charge in [-0.1, -0.05) is 0 Å². The predicted molar refractivity (Wildman–Crippen MR) is 81.5 cm³/mol. The number of hydrogen-bond donors (Lipinski definition) is 0. The van der Waals surface area contributed by atoms with Crippen LogP contribution in [0.15, 0.2) is 34.9 Å². The molecule has 0 aliphatic carbocycles. The van der Waals surface area contributed by atoms with Gasteiger partial charge in [0.05, 0.1) is 33.0 Å². The van der Waals surface area contributed by atoms with Gasteiger partial charge in [0.1, 0.15) is 5.75 Å². The van der Waals surface area contributed by atoms with Crippen LogP contribution in [0.25, 0.3) is 11.3 Å². The number of esters is 1.